The van der Waals surface area contributed by atoms with Gasteiger partial charge in [-0.1, -0.05) is 32.0 Å². The quantitative estimate of drug-likeness (QED) is 0.852. The minimum absolute atomic E-state index is 0.113. The van der Waals surface area contributed by atoms with Gasteiger partial charge in [-0.15, -0.1) is 0 Å². The first-order chi connectivity index (χ1) is 11.1. The highest BCUT2D eigenvalue weighted by molar-refractivity contribution is 5.92. The van der Waals surface area contributed by atoms with Crippen LogP contribution in [-0.2, 0) is 13.1 Å². The van der Waals surface area contributed by atoms with Gasteiger partial charge in [-0.2, -0.15) is 5.10 Å². The maximum atomic E-state index is 12.5. The van der Waals surface area contributed by atoms with E-state index in [0.29, 0.717) is 31.3 Å². The first-order valence-electron chi connectivity index (χ1n) is 8.13. The maximum absolute atomic E-state index is 12.5. The fourth-order valence-electron chi connectivity index (χ4n) is 2.35. The van der Waals surface area contributed by atoms with E-state index in [0.717, 1.165) is 17.0 Å². The van der Waals surface area contributed by atoms with Crippen LogP contribution < -0.4 is 10.1 Å². The van der Waals surface area contributed by atoms with E-state index in [-0.39, 0.29) is 5.91 Å². The summed E-state index contributed by atoms with van der Waals surface area (Å²) < 4.78 is 7.34. The van der Waals surface area contributed by atoms with Crippen LogP contribution >= 0.6 is 0 Å². The molecule has 0 saturated heterocycles. The van der Waals surface area contributed by atoms with Gasteiger partial charge in [0.2, 0.25) is 0 Å². The van der Waals surface area contributed by atoms with Crippen LogP contribution in [0.3, 0.4) is 0 Å². The summed E-state index contributed by atoms with van der Waals surface area (Å²) in [6.07, 6.45) is 0. The van der Waals surface area contributed by atoms with E-state index in [2.05, 4.69) is 24.3 Å². The molecule has 0 unspecified atom stereocenters. The number of nitrogens with one attached hydrogen (secondary N) is 1. The highest BCUT2D eigenvalue weighted by Crippen LogP contribution is 2.18. The third-order valence-electron chi connectivity index (χ3n) is 3.63. The summed E-state index contributed by atoms with van der Waals surface area (Å²) in [4.78, 5) is 12.5. The van der Waals surface area contributed by atoms with Gasteiger partial charge < -0.3 is 10.1 Å². The van der Waals surface area contributed by atoms with E-state index in [1.807, 2.05) is 44.2 Å². The molecule has 0 spiro atoms. The maximum Gasteiger partial charge on any atom is 0.269 e. The summed E-state index contributed by atoms with van der Waals surface area (Å²) in [5.41, 5.74) is 2.51. The third-order valence-corrected chi connectivity index (χ3v) is 3.63. The Bertz CT molecular complexity index is 662. The second kappa shape index (κ2) is 7.81. The van der Waals surface area contributed by atoms with E-state index < -0.39 is 0 Å². The molecule has 5 nitrogen and oxygen atoms in total. The molecule has 0 atom stereocenters. The molecule has 0 bridgehead atoms. The zero-order valence-electron chi connectivity index (χ0n) is 14.3. The van der Waals surface area contributed by atoms with Gasteiger partial charge in [-0.05, 0) is 31.9 Å². The summed E-state index contributed by atoms with van der Waals surface area (Å²) in [5.74, 6) is 0.993. The van der Waals surface area contributed by atoms with Crippen molar-refractivity contribution < 1.29 is 9.53 Å². The molecule has 1 aromatic heterocycles. The molecule has 0 fully saturated rings. The minimum atomic E-state index is -0.113. The van der Waals surface area contributed by atoms with Gasteiger partial charge in [0.15, 0.2) is 0 Å². The second-order valence-corrected chi connectivity index (χ2v) is 5.65. The number of carbonyl (C=O) groups is 1. The fraction of sp³-hybridized carbons (Fsp3) is 0.444. The van der Waals surface area contributed by atoms with Gasteiger partial charge in [-0.25, -0.2) is 0 Å². The SMILES string of the molecule is CCOc1ccccc1CNC(=O)c1cc(C(C)C)nn1CC. The molecule has 5 heteroatoms. The summed E-state index contributed by atoms with van der Waals surface area (Å²) in [6.45, 7) is 9.78. The molecule has 0 radical (unpaired) electrons. The number of nitrogens with zero attached hydrogens (tertiary/aromatic N) is 2. The molecular weight excluding hydrogens is 290 g/mol. The summed E-state index contributed by atoms with van der Waals surface area (Å²) in [6, 6.07) is 9.62. The van der Waals surface area contributed by atoms with Crippen molar-refractivity contribution >= 4 is 5.91 Å². The van der Waals surface area contributed by atoms with Crippen LogP contribution in [0.2, 0.25) is 0 Å². The van der Waals surface area contributed by atoms with Crippen molar-refractivity contribution in [2.75, 3.05) is 6.61 Å². The number of rotatable bonds is 7. The standard InChI is InChI=1S/C18H25N3O2/c1-5-21-16(11-15(20-21)13(3)4)18(22)19-12-14-9-7-8-10-17(14)23-6-2/h7-11,13H,5-6,12H2,1-4H3,(H,19,22). The van der Waals surface area contributed by atoms with E-state index in [4.69, 9.17) is 4.74 Å². The molecule has 1 heterocycles. The third kappa shape index (κ3) is 4.12. The number of hydrogen-bond acceptors (Lipinski definition) is 3. The normalized spacial score (nSPS) is 10.8. The number of para-hydroxylation sites is 1. The van der Waals surface area contributed by atoms with Gasteiger partial charge in [0.1, 0.15) is 11.4 Å². The number of carbonyl (C=O) groups excluding carboxylic acids is 1. The van der Waals surface area contributed by atoms with Crippen molar-refractivity contribution in [1.29, 1.82) is 0 Å². The molecule has 0 aliphatic carbocycles. The number of aryl methyl sites for hydroxylation is 1. The zero-order chi connectivity index (χ0) is 16.8. The summed E-state index contributed by atoms with van der Waals surface area (Å²) in [7, 11) is 0. The van der Waals surface area contributed by atoms with E-state index in [9.17, 15) is 4.79 Å². The Hall–Kier alpha value is -2.30. The van der Waals surface area contributed by atoms with Crippen LogP contribution in [0, 0.1) is 0 Å². The largest absolute Gasteiger partial charge is 0.494 e. The van der Waals surface area contributed by atoms with Crippen molar-refractivity contribution in [2.45, 2.75) is 46.7 Å². The predicted octanol–water partition coefficient (Wildman–Crippen LogP) is 3.36. The molecule has 1 amide bonds. The topological polar surface area (TPSA) is 56.1 Å². The zero-order valence-corrected chi connectivity index (χ0v) is 14.3. The smallest absolute Gasteiger partial charge is 0.269 e. The Balaban J connectivity index is 2.11. The summed E-state index contributed by atoms with van der Waals surface area (Å²) >= 11 is 0. The van der Waals surface area contributed by atoms with Crippen LogP contribution in [0.4, 0.5) is 0 Å². The molecule has 0 aliphatic heterocycles. The Kier molecular flexibility index (Phi) is 5.79. The Morgan fingerprint density at radius 3 is 2.70 bits per heavy atom. The lowest BCUT2D eigenvalue weighted by Gasteiger charge is -2.11. The molecule has 2 aromatic rings. The van der Waals surface area contributed by atoms with E-state index >= 15 is 0 Å². The van der Waals surface area contributed by atoms with Crippen LogP contribution in [-0.4, -0.2) is 22.3 Å². The van der Waals surface area contributed by atoms with Crippen molar-refractivity contribution in [2.24, 2.45) is 0 Å². The first-order valence-corrected chi connectivity index (χ1v) is 8.13. The molecule has 0 aliphatic rings. The average molecular weight is 315 g/mol. The van der Waals surface area contributed by atoms with Crippen molar-refractivity contribution in [3.63, 3.8) is 0 Å². The number of benzene rings is 1. The van der Waals surface area contributed by atoms with Gasteiger partial charge in [0.25, 0.3) is 5.91 Å². The molecule has 1 N–H and O–H groups in total. The van der Waals surface area contributed by atoms with Gasteiger partial charge in [0, 0.05) is 18.7 Å². The monoisotopic (exact) mass is 315 g/mol. The van der Waals surface area contributed by atoms with Gasteiger partial charge in [0.05, 0.1) is 12.3 Å². The molecule has 0 saturated carbocycles. The van der Waals surface area contributed by atoms with Crippen LogP contribution in [0.5, 0.6) is 5.75 Å². The number of aromatic nitrogens is 2. The highest BCUT2D eigenvalue weighted by Gasteiger charge is 2.16. The predicted molar refractivity (Wildman–Crippen MR) is 90.8 cm³/mol. The summed E-state index contributed by atoms with van der Waals surface area (Å²) in [5, 5.41) is 7.44. The number of amides is 1. The second-order valence-electron chi connectivity index (χ2n) is 5.65. The van der Waals surface area contributed by atoms with Crippen molar-refractivity contribution in [3.8, 4) is 5.75 Å². The Morgan fingerprint density at radius 2 is 2.04 bits per heavy atom. The lowest BCUT2D eigenvalue weighted by Crippen LogP contribution is -2.25. The Morgan fingerprint density at radius 1 is 1.30 bits per heavy atom. The minimum Gasteiger partial charge on any atom is -0.494 e. The van der Waals surface area contributed by atoms with Crippen molar-refractivity contribution in [1.82, 2.24) is 15.1 Å². The van der Waals surface area contributed by atoms with Crippen LogP contribution in [0.1, 0.15) is 55.4 Å². The molecule has 2 rings (SSSR count). The molecule has 1 aromatic carbocycles. The fourth-order valence-corrected chi connectivity index (χ4v) is 2.35. The average Bonchev–Trinajstić information content (AvgIpc) is 2.99. The van der Waals surface area contributed by atoms with Crippen molar-refractivity contribution in [3.05, 3.63) is 47.3 Å². The lowest BCUT2D eigenvalue weighted by molar-refractivity contribution is 0.0940. The Labute approximate surface area is 137 Å². The van der Waals surface area contributed by atoms with E-state index in [1.54, 1.807) is 4.68 Å². The van der Waals surface area contributed by atoms with Crippen LogP contribution in [0.15, 0.2) is 30.3 Å². The lowest BCUT2D eigenvalue weighted by atomic mass is 10.1. The molecule has 23 heavy (non-hydrogen) atoms. The van der Waals surface area contributed by atoms with E-state index in [1.165, 1.54) is 0 Å². The highest BCUT2D eigenvalue weighted by atomic mass is 16.5. The first kappa shape index (κ1) is 17.1. The van der Waals surface area contributed by atoms with Crippen LogP contribution in [0.25, 0.3) is 0 Å². The van der Waals surface area contributed by atoms with Gasteiger partial charge >= 0.3 is 0 Å². The van der Waals surface area contributed by atoms with Gasteiger partial charge in [-0.3, -0.25) is 9.48 Å². The molecule has 124 valence electrons. The number of hydrogen-bond donors (Lipinski definition) is 1. The number of ether oxygens (including phenoxy) is 1. The molecular formula is C18H25N3O2.